The number of phenolic OH excluding ortho intramolecular Hbond substituents is 1. The van der Waals surface area contributed by atoms with Crippen molar-refractivity contribution in [2.75, 3.05) is 0 Å². The summed E-state index contributed by atoms with van der Waals surface area (Å²) in [5.41, 5.74) is 5.07. The summed E-state index contributed by atoms with van der Waals surface area (Å²) in [6, 6.07) is 8.33. The van der Waals surface area contributed by atoms with Gasteiger partial charge in [0.1, 0.15) is 5.75 Å². The lowest BCUT2D eigenvalue weighted by molar-refractivity contribution is 0.474. The molecule has 0 bridgehead atoms. The van der Waals surface area contributed by atoms with E-state index in [9.17, 15) is 5.11 Å². The van der Waals surface area contributed by atoms with Crippen molar-refractivity contribution in [3.05, 3.63) is 61.5 Å². The normalized spacial score (nSPS) is 17.3. The number of benzene rings is 2. The highest BCUT2D eigenvalue weighted by Gasteiger charge is 2.25. The molecule has 2 aromatic carbocycles. The van der Waals surface area contributed by atoms with Crippen LogP contribution >= 0.6 is 46.4 Å². The van der Waals surface area contributed by atoms with Crippen molar-refractivity contribution < 1.29 is 5.11 Å². The van der Waals surface area contributed by atoms with Crippen molar-refractivity contribution >= 4 is 52.1 Å². The minimum absolute atomic E-state index is 0.0329. The summed E-state index contributed by atoms with van der Waals surface area (Å²) in [7, 11) is 0. The number of hydrogen-bond donors (Lipinski definition) is 2. The second kappa shape index (κ2) is 6.17. The molecule has 7 heteroatoms. The molecule has 2 N–H and O–H groups in total. The molecule has 0 fully saturated rings. The molecule has 0 saturated heterocycles. The highest BCUT2D eigenvalue weighted by molar-refractivity contribution is 6.36. The van der Waals surface area contributed by atoms with Gasteiger partial charge in [-0.1, -0.05) is 52.5 Å². The van der Waals surface area contributed by atoms with Crippen LogP contribution < -0.4 is 5.43 Å². The molecular formula is C15H10Cl4N2O. The number of phenols is 1. The Labute approximate surface area is 147 Å². The predicted octanol–water partition coefficient (Wildman–Crippen LogP) is 5.44. The van der Waals surface area contributed by atoms with E-state index in [1.54, 1.807) is 18.2 Å². The lowest BCUT2D eigenvalue weighted by Gasteiger charge is -2.12. The van der Waals surface area contributed by atoms with Crippen LogP contribution in [0.15, 0.2) is 35.4 Å². The summed E-state index contributed by atoms with van der Waals surface area (Å²) in [6.45, 7) is 0. The molecule has 1 atom stereocenters. The molecule has 22 heavy (non-hydrogen) atoms. The van der Waals surface area contributed by atoms with Crippen molar-refractivity contribution in [2.24, 2.45) is 5.10 Å². The number of aromatic hydroxyl groups is 1. The second-order valence-electron chi connectivity index (χ2n) is 4.89. The van der Waals surface area contributed by atoms with Crippen LogP contribution in [0.1, 0.15) is 23.6 Å². The second-order valence-corrected chi connectivity index (χ2v) is 6.58. The molecule has 1 aliphatic rings. The van der Waals surface area contributed by atoms with E-state index < -0.39 is 0 Å². The maximum Gasteiger partial charge on any atom is 0.143 e. The summed E-state index contributed by atoms with van der Waals surface area (Å²) >= 11 is 24.1. The Morgan fingerprint density at radius 1 is 1.00 bits per heavy atom. The van der Waals surface area contributed by atoms with Gasteiger partial charge in [-0.15, -0.1) is 0 Å². The Morgan fingerprint density at radius 3 is 2.45 bits per heavy atom. The molecule has 0 spiro atoms. The van der Waals surface area contributed by atoms with Crippen molar-refractivity contribution in [3.63, 3.8) is 0 Å². The first-order valence-corrected chi connectivity index (χ1v) is 7.92. The first-order valence-electron chi connectivity index (χ1n) is 6.41. The van der Waals surface area contributed by atoms with Crippen LogP contribution in [0, 0.1) is 0 Å². The first kappa shape index (κ1) is 15.8. The topological polar surface area (TPSA) is 44.6 Å². The molecule has 0 amide bonds. The number of nitrogens with zero attached hydrogens (tertiary/aromatic N) is 1. The van der Waals surface area contributed by atoms with Gasteiger partial charge in [0.25, 0.3) is 0 Å². The van der Waals surface area contributed by atoms with Crippen LogP contribution in [0.3, 0.4) is 0 Å². The van der Waals surface area contributed by atoms with Crippen LogP contribution in [0.5, 0.6) is 5.75 Å². The minimum atomic E-state index is -0.100. The molecule has 0 aromatic heterocycles. The number of nitrogens with one attached hydrogen (secondary N) is 1. The largest absolute Gasteiger partial charge is 0.506 e. The number of hydrazone groups is 1. The fraction of sp³-hybridized carbons (Fsp3) is 0.133. The quantitative estimate of drug-likeness (QED) is 0.733. The molecule has 2 aromatic rings. The van der Waals surface area contributed by atoms with Crippen LogP contribution in [-0.4, -0.2) is 10.8 Å². The number of halogens is 4. The zero-order chi connectivity index (χ0) is 15.9. The summed E-state index contributed by atoms with van der Waals surface area (Å²) in [5.74, 6) is -0.0329. The van der Waals surface area contributed by atoms with Gasteiger partial charge in [-0.05, 0) is 29.8 Å². The fourth-order valence-corrected chi connectivity index (χ4v) is 3.39. The lowest BCUT2D eigenvalue weighted by Crippen LogP contribution is -2.10. The highest BCUT2D eigenvalue weighted by atomic mass is 35.5. The average Bonchev–Trinajstić information content (AvgIpc) is 2.92. The SMILES string of the molecule is Oc1c(Cl)cc(Cl)cc1C1=NNC(c2ccc(Cl)cc2Cl)C1. The zero-order valence-electron chi connectivity index (χ0n) is 11.1. The van der Waals surface area contributed by atoms with Gasteiger partial charge < -0.3 is 10.5 Å². The average molecular weight is 376 g/mol. The molecule has 0 radical (unpaired) electrons. The summed E-state index contributed by atoms with van der Waals surface area (Å²) in [6.07, 6.45) is 0.547. The van der Waals surface area contributed by atoms with Crippen LogP contribution in [-0.2, 0) is 0 Å². The lowest BCUT2D eigenvalue weighted by atomic mass is 9.98. The highest BCUT2D eigenvalue weighted by Crippen LogP contribution is 2.36. The van der Waals surface area contributed by atoms with Gasteiger partial charge >= 0.3 is 0 Å². The monoisotopic (exact) mass is 374 g/mol. The van der Waals surface area contributed by atoms with Crippen molar-refractivity contribution in [3.8, 4) is 5.75 Å². The maximum absolute atomic E-state index is 10.1. The Hall–Kier alpha value is -1.13. The van der Waals surface area contributed by atoms with E-state index in [4.69, 9.17) is 46.4 Å². The zero-order valence-corrected chi connectivity index (χ0v) is 14.1. The van der Waals surface area contributed by atoms with E-state index in [1.807, 2.05) is 6.07 Å². The molecule has 3 rings (SSSR count). The van der Waals surface area contributed by atoms with E-state index in [0.717, 1.165) is 5.56 Å². The Balaban J connectivity index is 1.89. The number of rotatable bonds is 2. The standard InChI is InChI=1S/C15H10Cl4N2O/c16-7-1-2-9(11(18)4-7)13-6-14(21-20-13)10-3-8(17)5-12(19)15(10)22/h1-5,13,20,22H,6H2. The van der Waals surface area contributed by atoms with Gasteiger partial charge in [-0.2, -0.15) is 5.10 Å². The van der Waals surface area contributed by atoms with Crippen LogP contribution in [0.2, 0.25) is 20.1 Å². The van der Waals surface area contributed by atoms with Crippen molar-refractivity contribution in [1.29, 1.82) is 0 Å². The van der Waals surface area contributed by atoms with E-state index in [0.29, 0.717) is 32.8 Å². The predicted molar refractivity (Wildman–Crippen MR) is 91.6 cm³/mol. The summed E-state index contributed by atoms with van der Waals surface area (Å²) in [5, 5.41) is 16.1. The smallest absolute Gasteiger partial charge is 0.143 e. The van der Waals surface area contributed by atoms with Gasteiger partial charge in [0.2, 0.25) is 0 Å². The molecule has 1 aliphatic heterocycles. The Bertz CT molecular complexity index is 776. The van der Waals surface area contributed by atoms with Gasteiger partial charge in [0.15, 0.2) is 0 Å². The van der Waals surface area contributed by atoms with Gasteiger partial charge in [0, 0.05) is 27.1 Å². The minimum Gasteiger partial charge on any atom is -0.506 e. The third-order valence-corrected chi connectivity index (χ3v) is 4.50. The van der Waals surface area contributed by atoms with Crippen LogP contribution in [0.25, 0.3) is 0 Å². The molecule has 0 saturated carbocycles. The van der Waals surface area contributed by atoms with Crippen molar-refractivity contribution in [1.82, 2.24) is 5.43 Å². The molecule has 1 unspecified atom stereocenters. The van der Waals surface area contributed by atoms with Gasteiger partial charge in [-0.25, -0.2) is 0 Å². The van der Waals surface area contributed by atoms with E-state index in [2.05, 4.69) is 10.5 Å². The van der Waals surface area contributed by atoms with E-state index >= 15 is 0 Å². The molecule has 1 heterocycles. The van der Waals surface area contributed by atoms with Crippen LogP contribution in [0.4, 0.5) is 0 Å². The summed E-state index contributed by atoms with van der Waals surface area (Å²) < 4.78 is 0. The van der Waals surface area contributed by atoms with Gasteiger partial charge in [-0.3, -0.25) is 0 Å². The summed E-state index contributed by atoms with van der Waals surface area (Å²) in [4.78, 5) is 0. The van der Waals surface area contributed by atoms with E-state index in [1.165, 1.54) is 6.07 Å². The Morgan fingerprint density at radius 2 is 1.73 bits per heavy atom. The number of hydrogen-bond acceptors (Lipinski definition) is 3. The molecule has 0 aliphatic carbocycles. The maximum atomic E-state index is 10.1. The van der Waals surface area contributed by atoms with Crippen molar-refractivity contribution in [2.45, 2.75) is 12.5 Å². The van der Waals surface area contributed by atoms with E-state index in [-0.39, 0.29) is 16.8 Å². The third-order valence-electron chi connectivity index (χ3n) is 3.43. The fourth-order valence-electron chi connectivity index (χ4n) is 2.36. The molecular weight excluding hydrogens is 366 g/mol. The Kier molecular flexibility index (Phi) is 4.42. The molecule has 3 nitrogen and oxygen atoms in total. The third kappa shape index (κ3) is 2.99. The first-order chi connectivity index (χ1) is 10.5. The molecule has 114 valence electrons. The van der Waals surface area contributed by atoms with Gasteiger partial charge in [0.05, 0.1) is 16.8 Å².